The highest BCUT2D eigenvalue weighted by Crippen LogP contribution is 2.37. The van der Waals surface area contributed by atoms with Gasteiger partial charge in [-0.2, -0.15) is 0 Å². The van der Waals surface area contributed by atoms with Crippen LogP contribution < -0.4 is 15.8 Å². The van der Waals surface area contributed by atoms with Crippen molar-refractivity contribution < 1.29 is 9.53 Å². The first kappa shape index (κ1) is 29.5. The van der Waals surface area contributed by atoms with Crippen LogP contribution in [-0.4, -0.2) is 30.6 Å². The molecule has 2 N–H and O–H groups in total. The van der Waals surface area contributed by atoms with Crippen LogP contribution in [0.5, 0.6) is 0 Å². The molecule has 0 aliphatic rings. The van der Waals surface area contributed by atoms with Crippen molar-refractivity contribution in [2.45, 2.75) is 59.3 Å². The van der Waals surface area contributed by atoms with Gasteiger partial charge in [-0.05, 0) is 74.9 Å². The van der Waals surface area contributed by atoms with Gasteiger partial charge in [0.1, 0.15) is 9.83 Å². The maximum absolute atomic E-state index is 12.3. The lowest BCUT2D eigenvalue weighted by atomic mass is 10.1. The molecular formula is C30H38N6O2S2. The number of carbonyl (C=O) groups excluding carboxylic acids is 1. The van der Waals surface area contributed by atoms with E-state index in [4.69, 9.17) is 4.74 Å². The summed E-state index contributed by atoms with van der Waals surface area (Å²) >= 11 is 3.04. The minimum absolute atomic E-state index is 0.276. The molecule has 0 radical (unpaired) electrons. The fraction of sp³-hybridized carbons (Fsp3) is 0.400. The average molecular weight is 579 g/mol. The molecule has 0 atom stereocenters. The largest absolute Gasteiger partial charge is 0.462 e. The number of hydrazine groups is 1. The van der Waals surface area contributed by atoms with Crippen LogP contribution >= 0.6 is 22.7 Å². The molecule has 0 saturated carbocycles. The molecule has 0 fully saturated rings. The maximum atomic E-state index is 12.3. The fourth-order valence-electron chi connectivity index (χ4n) is 4.20. The summed E-state index contributed by atoms with van der Waals surface area (Å²) in [5, 5.41) is 10.3. The van der Waals surface area contributed by atoms with Crippen molar-refractivity contribution in [1.82, 2.24) is 4.98 Å². The van der Waals surface area contributed by atoms with Crippen LogP contribution in [0, 0.1) is 0 Å². The Bertz CT molecular complexity index is 1330. The van der Waals surface area contributed by atoms with Gasteiger partial charge in [-0.3, -0.25) is 5.43 Å². The van der Waals surface area contributed by atoms with E-state index in [1.807, 2.05) is 30.3 Å². The second-order valence-corrected chi connectivity index (χ2v) is 11.4. The third-order valence-electron chi connectivity index (χ3n) is 6.49. The van der Waals surface area contributed by atoms with Gasteiger partial charge >= 0.3 is 5.97 Å². The number of fused-ring (bicyclic) bond motifs is 1. The van der Waals surface area contributed by atoms with Gasteiger partial charge in [-0.1, -0.05) is 61.7 Å². The summed E-state index contributed by atoms with van der Waals surface area (Å²) in [5.41, 5.74) is 9.78. The zero-order valence-corrected chi connectivity index (χ0v) is 25.1. The first-order valence-corrected chi connectivity index (χ1v) is 15.7. The number of thiophene rings is 1. The van der Waals surface area contributed by atoms with Crippen molar-refractivity contribution in [1.29, 1.82) is 0 Å². The molecule has 0 spiro atoms. The van der Waals surface area contributed by atoms with Crippen molar-refractivity contribution in [3.8, 4) is 0 Å². The lowest BCUT2D eigenvalue weighted by Crippen LogP contribution is -2.21. The third kappa shape index (κ3) is 8.50. The molecule has 2 aromatic carbocycles. The summed E-state index contributed by atoms with van der Waals surface area (Å²) in [4.78, 5) is 20.1. The number of aromatic nitrogens is 1. The third-order valence-corrected chi connectivity index (χ3v) is 8.45. The number of rotatable bonds is 16. The molecule has 0 aliphatic carbocycles. The quantitative estimate of drug-likeness (QED) is 0.0595. The number of unbranched alkanes of at least 4 members (excludes halogenated alkanes) is 5. The number of nitrogens with one attached hydrogen (secondary N) is 2. The standard InChI is InChI=1S/C30H38N6O2S2/c1-4-7-8-9-10-11-20-38-29(37)22-12-14-23(15-13-22)32-34-27-21-26-28(40-27)31-30(39-26)35-33-24-16-18-25(19-17-24)36(5-2)6-3/h12-19,21,32,34H,4-11,20H2,1-3H3/b35-33+. The Morgan fingerprint density at radius 3 is 2.30 bits per heavy atom. The highest BCUT2D eigenvalue weighted by atomic mass is 32.1. The number of ether oxygens (including phenoxy) is 1. The van der Waals surface area contributed by atoms with Gasteiger partial charge < -0.3 is 15.1 Å². The van der Waals surface area contributed by atoms with Crippen molar-refractivity contribution in [3.05, 3.63) is 60.2 Å². The van der Waals surface area contributed by atoms with Crippen molar-refractivity contribution in [2.24, 2.45) is 10.2 Å². The molecule has 0 amide bonds. The van der Waals surface area contributed by atoms with Gasteiger partial charge in [0.25, 0.3) is 0 Å². The Labute approximate surface area is 244 Å². The topological polar surface area (TPSA) is 91.2 Å². The van der Waals surface area contributed by atoms with E-state index in [0.717, 1.165) is 51.8 Å². The van der Waals surface area contributed by atoms with E-state index < -0.39 is 0 Å². The highest BCUT2D eigenvalue weighted by molar-refractivity contribution is 7.30. The van der Waals surface area contributed by atoms with Gasteiger partial charge in [0, 0.05) is 18.8 Å². The summed E-state index contributed by atoms with van der Waals surface area (Å²) in [6.45, 7) is 8.93. The fourth-order valence-corrected chi connectivity index (χ4v) is 6.09. The monoisotopic (exact) mass is 578 g/mol. The minimum Gasteiger partial charge on any atom is -0.462 e. The number of anilines is 3. The van der Waals surface area contributed by atoms with Gasteiger partial charge in [0.2, 0.25) is 5.13 Å². The zero-order chi connectivity index (χ0) is 28.2. The van der Waals surface area contributed by atoms with Crippen LogP contribution in [-0.2, 0) is 4.74 Å². The number of esters is 1. The molecule has 2 aromatic heterocycles. The van der Waals surface area contributed by atoms with Crippen LogP contribution in [0.2, 0.25) is 0 Å². The molecule has 0 saturated heterocycles. The van der Waals surface area contributed by atoms with E-state index in [2.05, 4.69) is 63.9 Å². The number of carbonyl (C=O) groups is 1. The van der Waals surface area contributed by atoms with Crippen molar-refractivity contribution in [2.75, 3.05) is 35.4 Å². The Kier molecular flexibility index (Phi) is 11.3. The summed E-state index contributed by atoms with van der Waals surface area (Å²) in [7, 11) is 0. The number of nitrogens with zero attached hydrogens (tertiary/aromatic N) is 4. The van der Waals surface area contributed by atoms with Crippen LogP contribution in [0.3, 0.4) is 0 Å². The van der Waals surface area contributed by atoms with E-state index in [-0.39, 0.29) is 5.97 Å². The van der Waals surface area contributed by atoms with E-state index in [1.54, 1.807) is 12.1 Å². The van der Waals surface area contributed by atoms with Gasteiger partial charge in [-0.25, -0.2) is 9.78 Å². The Balaban J connectivity index is 1.23. The van der Waals surface area contributed by atoms with Crippen LogP contribution in [0.15, 0.2) is 64.8 Å². The SMILES string of the molecule is CCCCCCCCOC(=O)c1ccc(NNc2cc3sc(/N=N/c4ccc(N(CC)CC)cc4)nc3s2)cc1. The minimum atomic E-state index is -0.276. The molecule has 8 nitrogen and oxygen atoms in total. The lowest BCUT2D eigenvalue weighted by molar-refractivity contribution is 0.0497. The van der Waals surface area contributed by atoms with Gasteiger partial charge in [-0.15, -0.1) is 10.2 Å². The average Bonchev–Trinajstić information content (AvgIpc) is 3.54. The van der Waals surface area contributed by atoms with Gasteiger partial charge in [0.15, 0.2) is 0 Å². The summed E-state index contributed by atoms with van der Waals surface area (Å²) in [6, 6.07) is 17.4. The molecule has 4 rings (SSSR count). The summed E-state index contributed by atoms with van der Waals surface area (Å²) < 4.78 is 6.45. The Morgan fingerprint density at radius 1 is 0.875 bits per heavy atom. The highest BCUT2D eigenvalue weighted by Gasteiger charge is 2.10. The molecule has 40 heavy (non-hydrogen) atoms. The lowest BCUT2D eigenvalue weighted by Gasteiger charge is -2.20. The summed E-state index contributed by atoms with van der Waals surface area (Å²) in [6.07, 6.45) is 7.00. The molecule has 4 aromatic rings. The van der Waals surface area contributed by atoms with E-state index in [0.29, 0.717) is 17.3 Å². The maximum Gasteiger partial charge on any atom is 0.338 e. The molecular weight excluding hydrogens is 541 g/mol. The second-order valence-electron chi connectivity index (χ2n) is 9.40. The van der Waals surface area contributed by atoms with E-state index in [1.165, 1.54) is 54.0 Å². The number of hydrogen-bond donors (Lipinski definition) is 2. The molecule has 0 unspecified atom stereocenters. The van der Waals surface area contributed by atoms with Crippen LogP contribution in [0.25, 0.3) is 9.53 Å². The number of azo groups is 1. The Morgan fingerprint density at radius 2 is 1.60 bits per heavy atom. The van der Waals surface area contributed by atoms with E-state index in [9.17, 15) is 4.79 Å². The normalized spacial score (nSPS) is 11.3. The van der Waals surface area contributed by atoms with Crippen LogP contribution in [0.1, 0.15) is 69.7 Å². The first-order chi connectivity index (χ1) is 19.6. The van der Waals surface area contributed by atoms with Crippen molar-refractivity contribution >= 4 is 65.4 Å². The van der Waals surface area contributed by atoms with E-state index >= 15 is 0 Å². The number of thiazole rings is 1. The number of benzene rings is 2. The number of hydrogen-bond acceptors (Lipinski definition) is 10. The van der Waals surface area contributed by atoms with Crippen molar-refractivity contribution in [3.63, 3.8) is 0 Å². The smallest absolute Gasteiger partial charge is 0.338 e. The first-order valence-electron chi connectivity index (χ1n) is 14.1. The molecule has 10 heteroatoms. The Hall–Kier alpha value is -3.50. The molecule has 2 heterocycles. The molecule has 0 bridgehead atoms. The second kappa shape index (κ2) is 15.3. The van der Waals surface area contributed by atoms with Crippen LogP contribution in [0.4, 0.5) is 27.2 Å². The van der Waals surface area contributed by atoms with Gasteiger partial charge in [0.05, 0.1) is 28.2 Å². The molecule has 0 aliphatic heterocycles. The predicted octanol–water partition coefficient (Wildman–Crippen LogP) is 9.58. The summed E-state index contributed by atoms with van der Waals surface area (Å²) in [5.74, 6) is -0.276. The molecule has 212 valence electrons. The zero-order valence-electron chi connectivity index (χ0n) is 23.5. The predicted molar refractivity (Wildman–Crippen MR) is 169 cm³/mol.